The lowest BCUT2D eigenvalue weighted by Gasteiger charge is -2.08. The van der Waals surface area contributed by atoms with Crippen molar-refractivity contribution in [2.24, 2.45) is 0 Å². The molecule has 0 bridgehead atoms. The normalized spacial score (nSPS) is 10.8. The van der Waals surface area contributed by atoms with Gasteiger partial charge >= 0.3 is 0 Å². The molecule has 0 saturated heterocycles. The molecule has 0 aromatic heterocycles. The molecule has 3 aromatic carbocycles. The van der Waals surface area contributed by atoms with E-state index in [1.54, 1.807) is 0 Å². The van der Waals surface area contributed by atoms with Gasteiger partial charge in [-0.15, -0.1) is 0 Å². The van der Waals surface area contributed by atoms with Crippen LogP contribution in [0.3, 0.4) is 0 Å². The molecule has 0 aliphatic carbocycles. The highest BCUT2D eigenvalue weighted by Crippen LogP contribution is 2.19. The van der Waals surface area contributed by atoms with Crippen LogP contribution in [0.5, 0.6) is 0 Å². The highest BCUT2D eigenvalue weighted by molar-refractivity contribution is 5.48. The average Bonchev–Trinajstić information content (AvgIpc) is 2.65. The van der Waals surface area contributed by atoms with Gasteiger partial charge in [-0.1, -0.05) is 84.3 Å². The predicted octanol–water partition coefficient (Wildman–Crippen LogP) is 5.49. The molecule has 25 heavy (non-hydrogen) atoms. The molecule has 0 radical (unpaired) electrons. The predicted molar refractivity (Wildman–Crippen MR) is 105 cm³/mol. The van der Waals surface area contributed by atoms with Gasteiger partial charge in [-0.3, -0.25) is 0 Å². The molecule has 120 valence electrons. The van der Waals surface area contributed by atoms with Crippen molar-refractivity contribution in [2.45, 2.75) is 19.8 Å². The zero-order valence-corrected chi connectivity index (χ0v) is 14.6. The summed E-state index contributed by atoms with van der Waals surface area (Å²) in [7, 11) is 0. The molecule has 0 saturated carbocycles. The first-order valence-electron chi connectivity index (χ1n) is 8.43. The smallest absolute Gasteiger partial charge is 0.0764 e. The summed E-state index contributed by atoms with van der Waals surface area (Å²) in [6.45, 7) is 4.20. The summed E-state index contributed by atoms with van der Waals surface area (Å²) in [5, 5.41) is 0. The lowest BCUT2D eigenvalue weighted by Crippen LogP contribution is -1.96. The molecule has 0 N–H and O–H groups in total. The summed E-state index contributed by atoms with van der Waals surface area (Å²) in [5.74, 6) is 13.2. The van der Waals surface area contributed by atoms with Gasteiger partial charge in [-0.25, -0.2) is 0 Å². The molecule has 3 rings (SSSR count). The topological polar surface area (TPSA) is 0 Å². The minimum atomic E-state index is -0.110. The van der Waals surface area contributed by atoms with E-state index in [-0.39, 0.29) is 5.92 Å². The van der Waals surface area contributed by atoms with Crippen molar-refractivity contribution in [3.8, 4) is 23.7 Å². The van der Waals surface area contributed by atoms with Crippen LogP contribution < -0.4 is 0 Å². The largest absolute Gasteiger partial charge is 0.107 e. The van der Waals surface area contributed by atoms with E-state index in [9.17, 15) is 0 Å². The van der Waals surface area contributed by atoms with Crippen LogP contribution in [0, 0.1) is 37.5 Å². The Kier molecular flexibility index (Phi) is 5.36. The molecule has 0 heterocycles. The monoisotopic (exact) mass is 320 g/mol. The zero-order valence-electron chi connectivity index (χ0n) is 14.6. The van der Waals surface area contributed by atoms with E-state index >= 15 is 0 Å². The van der Waals surface area contributed by atoms with E-state index in [2.05, 4.69) is 73.9 Å². The molecule has 0 spiro atoms. The Bertz CT molecular complexity index is 973. The molecule has 0 fully saturated rings. The van der Waals surface area contributed by atoms with Crippen LogP contribution in [-0.4, -0.2) is 0 Å². The summed E-state index contributed by atoms with van der Waals surface area (Å²) < 4.78 is 0. The van der Waals surface area contributed by atoms with Crippen molar-refractivity contribution in [3.05, 3.63) is 107 Å². The van der Waals surface area contributed by atoms with Crippen LogP contribution in [0.25, 0.3) is 0 Å². The molecule has 0 amide bonds. The number of hydrogen-bond acceptors (Lipinski definition) is 0. The highest BCUT2D eigenvalue weighted by atomic mass is 14.1. The third-order valence-electron chi connectivity index (χ3n) is 4.13. The second-order valence-corrected chi connectivity index (χ2v) is 6.01. The van der Waals surface area contributed by atoms with Crippen LogP contribution in [0.1, 0.15) is 33.7 Å². The van der Waals surface area contributed by atoms with E-state index in [4.69, 9.17) is 0 Å². The molecule has 1 atom stereocenters. The fraction of sp³-hybridized carbons (Fsp3) is 0.120. The number of benzene rings is 3. The molecular weight excluding hydrogens is 300 g/mol. The standard InChI is InChI=1S/C25H20/c1-20-10-6-8-14-23(20)18-19-24(25-15-9-7-11-21(25)2)17-16-22-12-4-3-5-13-22/h3-15,24H,1-2H3. The van der Waals surface area contributed by atoms with Crippen LogP contribution in [0.2, 0.25) is 0 Å². The van der Waals surface area contributed by atoms with Crippen LogP contribution in [0.4, 0.5) is 0 Å². The molecule has 0 heteroatoms. The Morgan fingerprint density at radius 1 is 0.600 bits per heavy atom. The van der Waals surface area contributed by atoms with Crippen molar-refractivity contribution in [1.82, 2.24) is 0 Å². The maximum absolute atomic E-state index is 3.38. The lowest BCUT2D eigenvalue weighted by atomic mass is 9.94. The van der Waals surface area contributed by atoms with E-state index < -0.39 is 0 Å². The summed E-state index contributed by atoms with van der Waals surface area (Å²) in [4.78, 5) is 0. The van der Waals surface area contributed by atoms with Crippen molar-refractivity contribution in [2.75, 3.05) is 0 Å². The van der Waals surface area contributed by atoms with E-state index in [0.29, 0.717) is 0 Å². The van der Waals surface area contributed by atoms with Crippen molar-refractivity contribution in [1.29, 1.82) is 0 Å². The van der Waals surface area contributed by atoms with E-state index in [1.807, 2.05) is 42.5 Å². The zero-order chi connectivity index (χ0) is 17.5. The van der Waals surface area contributed by atoms with Crippen molar-refractivity contribution >= 4 is 0 Å². The summed E-state index contributed by atoms with van der Waals surface area (Å²) in [5.41, 5.74) is 5.65. The number of hydrogen-bond donors (Lipinski definition) is 0. The minimum absolute atomic E-state index is 0.110. The first kappa shape index (κ1) is 16.6. The quantitative estimate of drug-likeness (QED) is 0.520. The lowest BCUT2D eigenvalue weighted by molar-refractivity contribution is 1.13. The summed E-state index contributed by atoms with van der Waals surface area (Å²) >= 11 is 0. The Labute approximate surface area is 150 Å². The van der Waals surface area contributed by atoms with Crippen molar-refractivity contribution in [3.63, 3.8) is 0 Å². The van der Waals surface area contributed by atoms with Gasteiger partial charge in [0.15, 0.2) is 0 Å². The van der Waals surface area contributed by atoms with Gasteiger partial charge in [0.05, 0.1) is 0 Å². The first-order chi connectivity index (χ1) is 12.2. The summed E-state index contributed by atoms with van der Waals surface area (Å²) in [6, 6.07) is 26.6. The fourth-order valence-corrected chi connectivity index (χ4v) is 2.64. The number of rotatable bonds is 1. The van der Waals surface area contributed by atoms with Crippen LogP contribution in [-0.2, 0) is 0 Å². The van der Waals surface area contributed by atoms with Gasteiger partial charge in [-0.05, 0) is 48.7 Å². The fourth-order valence-electron chi connectivity index (χ4n) is 2.64. The molecule has 3 aromatic rings. The molecule has 0 nitrogen and oxygen atoms in total. The Hall–Kier alpha value is -3.22. The van der Waals surface area contributed by atoms with Gasteiger partial charge in [0, 0.05) is 11.1 Å². The Morgan fingerprint density at radius 2 is 1.20 bits per heavy atom. The first-order valence-corrected chi connectivity index (χ1v) is 8.43. The SMILES string of the molecule is Cc1ccccc1C#CC(C#Cc1ccccc1)c1ccccc1C. The van der Waals surface area contributed by atoms with Crippen molar-refractivity contribution < 1.29 is 0 Å². The molecular formula is C25H20. The van der Waals surface area contributed by atoms with E-state index in [1.165, 1.54) is 16.7 Å². The van der Waals surface area contributed by atoms with Gasteiger partial charge < -0.3 is 0 Å². The van der Waals surface area contributed by atoms with Crippen LogP contribution >= 0.6 is 0 Å². The third-order valence-corrected chi connectivity index (χ3v) is 4.13. The van der Waals surface area contributed by atoms with Crippen LogP contribution in [0.15, 0.2) is 78.9 Å². The Balaban J connectivity index is 2.01. The molecule has 1 unspecified atom stereocenters. The molecule has 0 aliphatic heterocycles. The van der Waals surface area contributed by atoms with E-state index in [0.717, 1.165) is 11.1 Å². The Morgan fingerprint density at radius 3 is 1.92 bits per heavy atom. The second-order valence-electron chi connectivity index (χ2n) is 6.01. The van der Waals surface area contributed by atoms with Gasteiger partial charge in [0.2, 0.25) is 0 Å². The minimum Gasteiger partial charge on any atom is -0.0764 e. The van der Waals surface area contributed by atoms with Gasteiger partial charge in [-0.2, -0.15) is 0 Å². The average molecular weight is 320 g/mol. The maximum atomic E-state index is 3.38. The maximum Gasteiger partial charge on any atom is 0.107 e. The molecule has 0 aliphatic rings. The second kappa shape index (κ2) is 8.05. The highest BCUT2D eigenvalue weighted by Gasteiger charge is 2.07. The summed E-state index contributed by atoms with van der Waals surface area (Å²) in [6.07, 6.45) is 0. The third kappa shape index (κ3) is 4.41. The van der Waals surface area contributed by atoms with Gasteiger partial charge in [0.25, 0.3) is 0 Å². The van der Waals surface area contributed by atoms with Gasteiger partial charge in [0.1, 0.15) is 5.92 Å². The number of aryl methyl sites for hydroxylation is 2.